The Bertz CT molecular complexity index is 352. The van der Waals surface area contributed by atoms with Crippen LogP contribution in [0, 0.1) is 0 Å². The van der Waals surface area contributed by atoms with Crippen LogP contribution in [-0.2, 0) is 10.2 Å². The number of piperidine rings is 2. The van der Waals surface area contributed by atoms with E-state index in [0.717, 1.165) is 32.2 Å². The maximum absolute atomic E-state index is 12.2. The number of hydrogen-bond donors (Lipinski definition) is 2. The Kier molecular flexibility index (Phi) is 5.00. The molecule has 5 nitrogen and oxygen atoms in total. The first-order valence-electron chi connectivity index (χ1n) is 7.09. The van der Waals surface area contributed by atoms with Crippen LogP contribution in [0.3, 0.4) is 0 Å². The van der Waals surface area contributed by atoms with E-state index in [-0.39, 0.29) is 6.04 Å². The van der Waals surface area contributed by atoms with Gasteiger partial charge in [-0.25, -0.2) is 4.72 Å². The van der Waals surface area contributed by atoms with Gasteiger partial charge in [-0.05, 0) is 39.2 Å². The summed E-state index contributed by atoms with van der Waals surface area (Å²) in [6, 6.07) is 0.434. The molecule has 0 aromatic carbocycles. The molecule has 0 bridgehead atoms. The highest BCUT2D eigenvalue weighted by Gasteiger charge is 2.29. The summed E-state index contributed by atoms with van der Waals surface area (Å²) >= 11 is 0. The highest BCUT2D eigenvalue weighted by Crippen LogP contribution is 2.19. The largest absolute Gasteiger partial charge is 0.313 e. The normalized spacial score (nSPS) is 31.4. The fourth-order valence-corrected chi connectivity index (χ4v) is 4.34. The zero-order valence-corrected chi connectivity index (χ0v) is 12.0. The lowest BCUT2D eigenvalue weighted by atomic mass is 10.1. The van der Waals surface area contributed by atoms with E-state index in [4.69, 9.17) is 0 Å². The predicted octanol–water partition coefficient (Wildman–Crippen LogP) is 0.837. The van der Waals surface area contributed by atoms with Crippen LogP contribution in [0.5, 0.6) is 0 Å². The molecule has 0 aliphatic carbocycles. The molecule has 2 N–H and O–H groups in total. The van der Waals surface area contributed by atoms with E-state index in [1.165, 1.54) is 12.8 Å². The van der Waals surface area contributed by atoms with Gasteiger partial charge in [-0.2, -0.15) is 12.7 Å². The molecule has 2 aliphatic rings. The van der Waals surface area contributed by atoms with Crippen molar-refractivity contribution in [3.05, 3.63) is 0 Å². The van der Waals surface area contributed by atoms with Crippen molar-refractivity contribution in [1.82, 2.24) is 14.3 Å². The molecular formula is C12H25N3O2S. The molecule has 2 atom stereocenters. The van der Waals surface area contributed by atoms with E-state index >= 15 is 0 Å². The number of nitrogens with zero attached hydrogens (tertiary/aromatic N) is 1. The second kappa shape index (κ2) is 6.32. The van der Waals surface area contributed by atoms with Crippen LogP contribution in [0.1, 0.15) is 45.4 Å². The lowest BCUT2D eigenvalue weighted by Crippen LogP contribution is -2.51. The van der Waals surface area contributed by atoms with Crippen molar-refractivity contribution in [2.24, 2.45) is 0 Å². The van der Waals surface area contributed by atoms with E-state index in [1.807, 2.05) is 6.92 Å². The van der Waals surface area contributed by atoms with Gasteiger partial charge in [0.15, 0.2) is 0 Å². The molecule has 0 radical (unpaired) electrons. The van der Waals surface area contributed by atoms with E-state index in [2.05, 4.69) is 10.0 Å². The van der Waals surface area contributed by atoms with Crippen molar-refractivity contribution >= 4 is 10.2 Å². The van der Waals surface area contributed by atoms with Crippen molar-refractivity contribution in [1.29, 1.82) is 0 Å². The molecule has 0 aromatic rings. The summed E-state index contributed by atoms with van der Waals surface area (Å²) in [5, 5.41) is 3.36. The highest BCUT2D eigenvalue weighted by molar-refractivity contribution is 7.87. The van der Waals surface area contributed by atoms with Gasteiger partial charge in [0.25, 0.3) is 10.2 Å². The van der Waals surface area contributed by atoms with Crippen LogP contribution in [0.2, 0.25) is 0 Å². The molecule has 0 aromatic heterocycles. The maximum atomic E-state index is 12.2. The third kappa shape index (κ3) is 3.66. The van der Waals surface area contributed by atoms with Crippen molar-refractivity contribution < 1.29 is 8.42 Å². The Morgan fingerprint density at radius 1 is 1.22 bits per heavy atom. The van der Waals surface area contributed by atoms with Gasteiger partial charge in [0.2, 0.25) is 0 Å². The maximum Gasteiger partial charge on any atom is 0.279 e. The van der Waals surface area contributed by atoms with Crippen LogP contribution < -0.4 is 10.0 Å². The molecule has 0 saturated carbocycles. The SMILES string of the molecule is CC1CCCCN1S(=O)(=O)NCC1CCCCN1. The summed E-state index contributed by atoms with van der Waals surface area (Å²) in [7, 11) is -3.29. The van der Waals surface area contributed by atoms with Crippen LogP contribution >= 0.6 is 0 Å². The minimum absolute atomic E-state index is 0.135. The summed E-state index contributed by atoms with van der Waals surface area (Å²) in [5.41, 5.74) is 0. The zero-order valence-electron chi connectivity index (χ0n) is 11.2. The van der Waals surface area contributed by atoms with Gasteiger partial charge in [0.05, 0.1) is 0 Å². The van der Waals surface area contributed by atoms with Crippen LogP contribution in [0.4, 0.5) is 0 Å². The van der Waals surface area contributed by atoms with Gasteiger partial charge >= 0.3 is 0 Å². The zero-order chi connectivity index (χ0) is 13.0. The molecule has 6 heteroatoms. The van der Waals surface area contributed by atoms with Crippen LogP contribution in [0.15, 0.2) is 0 Å². The number of rotatable bonds is 4. The van der Waals surface area contributed by atoms with E-state index in [9.17, 15) is 8.42 Å². The van der Waals surface area contributed by atoms with Gasteiger partial charge in [-0.1, -0.05) is 12.8 Å². The fourth-order valence-electron chi connectivity index (χ4n) is 2.82. The molecule has 2 saturated heterocycles. The summed E-state index contributed by atoms with van der Waals surface area (Å²) in [6.45, 7) is 4.18. The molecule has 0 spiro atoms. The summed E-state index contributed by atoms with van der Waals surface area (Å²) in [6.07, 6.45) is 6.55. The van der Waals surface area contributed by atoms with Gasteiger partial charge in [0, 0.05) is 25.2 Å². The number of hydrogen-bond acceptors (Lipinski definition) is 3. The summed E-state index contributed by atoms with van der Waals surface area (Å²) in [5.74, 6) is 0. The molecule has 2 rings (SSSR count). The van der Waals surface area contributed by atoms with Gasteiger partial charge in [-0.3, -0.25) is 0 Å². The Balaban J connectivity index is 1.85. The minimum atomic E-state index is -3.29. The molecule has 2 heterocycles. The van der Waals surface area contributed by atoms with Crippen LogP contribution in [0.25, 0.3) is 0 Å². The standard InChI is InChI=1S/C12H25N3O2S/c1-11-6-3-5-9-15(11)18(16,17)14-10-12-7-2-4-8-13-12/h11-14H,2-10H2,1H3. The first-order chi connectivity index (χ1) is 8.59. The molecule has 18 heavy (non-hydrogen) atoms. The summed E-state index contributed by atoms with van der Waals surface area (Å²) in [4.78, 5) is 0. The van der Waals surface area contributed by atoms with Crippen LogP contribution in [-0.4, -0.2) is 44.4 Å². The topological polar surface area (TPSA) is 61.4 Å². The lowest BCUT2D eigenvalue weighted by Gasteiger charge is -2.33. The smallest absolute Gasteiger partial charge is 0.279 e. The molecule has 106 valence electrons. The fraction of sp³-hybridized carbons (Fsp3) is 1.00. The van der Waals surface area contributed by atoms with E-state index < -0.39 is 10.2 Å². The third-order valence-corrected chi connectivity index (χ3v) is 5.67. The van der Waals surface area contributed by atoms with E-state index in [0.29, 0.717) is 19.1 Å². The molecule has 2 fully saturated rings. The van der Waals surface area contributed by atoms with Crippen molar-refractivity contribution in [2.45, 2.75) is 57.5 Å². The average Bonchev–Trinajstić information content (AvgIpc) is 2.38. The lowest BCUT2D eigenvalue weighted by molar-refractivity contribution is 0.264. The van der Waals surface area contributed by atoms with Crippen molar-refractivity contribution in [3.63, 3.8) is 0 Å². The Hall–Kier alpha value is -0.170. The average molecular weight is 275 g/mol. The molecular weight excluding hydrogens is 250 g/mol. The Morgan fingerprint density at radius 3 is 2.67 bits per heavy atom. The van der Waals surface area contributed by atoms with Crippen molar-refractivity contribution in [2.75, 3.05) is 19.6 Å². The van der Waals surface area contributed by atoms with Gasteiger partial charge in [-0.15, -0.1) is 0 Å². The van der Waals surface area contributed by atoms with E-state index in [1.54, 1.807) is 4.31 Å². The summed E-state index contributed by atoms with van der Waals surface area (Å²) < 4.78 is 28.8. The number of nitrogens with one attached hydrogen (secondary N) is 2. The highest BCUT2D eigenvalue weighted by atomic mass is 32.2. The second-order valence-corrected chi connectivity index (χ2v) is 7.16. The monoisotopic (exact) mass is 275 g/mol. The Labute approximate surface area is 110 Å². The first kappa shape index (κ1) is 14.2. The minimum Gasteiger partial charge on any atom is -0.313 e. The predicted molar refractivity (Wildman–Crippen MR) is 72.6 cm³/mol. The van der Waals surface area contributed by atoms with Gasteiger partial charge in [0.1, 0.15) is 0 Å². The Morgan fingerprint density at radius 2 is 2.00 bits per heavy atom. The molecule has 0 amide bonds. The first-order valence-corrected chi connectivity index (χ1v) is 8.53. The molecule has 2 aliphatic heterocycles. The third-order valence-electron chi connectivity index (χ3n) is 3.98. The second-order valence-electron chi connectivity index (χ2n) is 5.46. The van der Waals surface area contributed by atoms with Crippen molar-refractivity contribution in [3.8, 4) is 0 Å². The van der Waals surface area contributed by atoms with Gasteiger partial charge < -0.3 is 5.32 Å². The quantitative estimate of drug-likeness (QED) is 0.799. The molecule has 2 unspecified atom stereocenters.